The van der Waals surface area contributed by atoms with Crippen molar-refractivity contribution in [2.45, 2.75) is 23.1 Å². The Kier molecular flexibility index (Phi) is 7.22. The largest absolute Gasteiger partial charge is 0.612 e. The second-order valence-electron chi connectivity index (χ2n) is 8.15. The van der Waals surface area contributed by atoms with E-state index >= 15 is 0 Å². The van der Waals surface area contributed by atoms with Crippen LogP contribution >= 0.6 is 0 Å². The van der Waals surface area contributed by atoms with Gasteiger partial charge in [-0.15, -0.1) is 0 Å². The molecule has 4 unspecified atom stereocenters. The predicted molar refractivity (Wildman–Crippen MR) is 121 cm³/mol. The number of carbonyl (C=O) groups is 1. The number of aliphatic hydroxyl groups is 1. The Balaban J connectivity index is 1.31. The van der Waals surface area contributed by atoms with Crippen LogP contribution in [0, 0.1) is 0 Å². The van der Waals surface area contributed by atoms with E-state index in [9.17, 15) is 14.5 Å². The molecule has 2 aliphatic rings. The summed E-state index contributed by atoms with van der Waals surface area (Å²) in [6.07, 6.45) is 0.403. The standard InChI is InChI=1S/C23H29N3O5S/c1-32(29)17-7-8-19-20(13-17)30-15-21(31-19)18(27)14-25-9-11-26(12-10-25)22(23(24)28)16-5-3-2-4-6-16/h2-8,13,18,21-22,27H,9-12,14-15H2,1H3,(H2,24,28). The number of primary amides is 1. The van der Waals surface area contributed by atoms with Gasteiger partial charge in [-0.1, -0.05) is 30.3 Å². The summed E-state index contributed by atoms with van der Waals surface area (Å²) in [6.45, 7) is 3.45. The number of amides is 1. The number of nitrogens with zero attached hydrogens (tertiary/aromatic N) is 2. The highest BCUT2D eigenvalue weighted by atomic mass is 32.2. The average molecular weight is 460 g/mol. The van der Waals surface area contributed by atoms with Crippen LogP contribution in [0.4, 0.5) is 0 Å². The zero-order valence-electron chi connectivity index (χ0n) is 18.1. The molecule has 0 spiro atoms. The average Bonchev–Trinajstić information content (AvgIpc) is 2.80. The number of hydrogen-bond donors (Lipinski definition) is 2. The molecule has 9 heteroatoms. The van der Waals surface area contributed by atoms with Gasteiger partial charge >= 0.3 is 0 Å². The highest BCUT2D eigenvalue weighted by molar-refractivity contribution is 7.90. The summed E-state index contributed by atoms with van der Waals surface area (Å²) in [6, 6.07) is 14.3. The molecule has 4 atom stereocenters. The van der Waals surface area contributed by atoms with Crippen LogP contribution in [0.3, 0.4) is 0 Å². The zero-order chi connectivity index (χ0) is 22.7. The first-order chi connectivity index (χ1) is 15.4. The number of fused-ring (bicyclic) bond motifs is 1. The summed E-state index contributed by atoms with van der Waals surface area (Å²) in [7, 11) is 0. The topological polar surface area (TPSA) is 111 Å². The van der Waals surface area contributed by atoms with Crippen molar-refractivity contribution in [3.05, 3.63) is 54.1 Å². The SMILES string of the molecule is C[S+]([O-])c1ccc2c(c1)OCC(C(O)CN1CCN(C(C(N)=O)c3ccccc3)CC1)O2. The number of benzene rings is 2. The van der Waals surface area contributed by atoms with Gasteiger partial charge < -0.3 is 24.9 Å². The van der Waals surface area contributed by atoms with Gasteiger partial charge in [0, 0.05) is 38.8 Å². The smallest absolute Gasteiger partial charge is 0.239 e. The lowest BCUT2D eigenvalue weighted by atomic mass is 10.0. The fraction of sp³-hybridized carbons (Fsp3) is 0.435. The number of ether oxygens (including phenoxy) is 2. The maximum absolute atomic E-state index is 12.1. The monoisotopic (exact) mass is 459 g/mol. The van der Waals surface area contributed by atoms with Crippen LogP contribution in [-0.4, -0.2) is 83.2 Å². The Morgan fingerprint density at radius 3 is 2.56 bits per heavy atom. The minimum Gasteiger partial charge on any atom is -0.612 e. The molecule has 2 heterocycles. The fourth-order valence-corrected chi connectivity index (χ4v) is 4.75. The molecule has 2 aliphatic heterocycles. The van der Waals surface area contributed by atoms with E-state index in [1.165, 1.54) is 0 Å². The number of β-amino-alcohol motifs (C(OH)–C–C–N with tert-alkyl or cyclic N) is 1. The molecule has 1 saturated heterocycles. The van der Waals surface area contributed by atoms with Gasteiger partial charge in [-0.2, -0.15) is 0 Å². The van der Waals surface area contributed by atoms with Crippen molar-refractivity contribution in [2.75, 3.05) is 45.6 Å². The van der Waals surface area contributed by atoms with Crippen LogP contribution in [0.5, 0.6) is 11.5 Å². The van der Waals surface area contributed by atoms with Crippen LogP contribution in [0.2, 0.25) is 0 Å². The van der Waals surface area contributed by atoms with Gasteiger partial charge in [0.05, 0.1) is 0 Å². The maximum Gasteiger partial charge on any atom is 0.239 e. The highest BCUT2D eigenvalue weighted by Crippen LogP contribution is 2.34. The van der Waals surface area contributed by atoms with E-state index in [1.54, 1.807) is 24.5 Å². The first-order valence-corrected chi connectivity index (χ1v) is 12.2. The van der Waals surface area contributed by atoms with Crippen molar-refractivity contribution in [3.63, 3.8) is 0 Å². The molecule has 0 saturated carbocycles. The quantitative estimate of drug-likeness (QED) is 0.588. The summed E-state index contributed by atoms with van der Waals surface area (Å²) < 4.78 is 23.4. The number of piperazine rings is 1. The van der Waals surface area contributed by atoms with Crippen LogP contribution in [0.15, 0.2) is 53.4 Å². The summed E-state index contributed by atoms with van der Waals surface area (Å²) in [5.74, 6) is 0.741. The summed E-state index contributed by atoms with van der Waals surface area (Å²) in [4.78, 5) is 17.0. The van der Waals surface area contributed by atoms with Gasteiger partial charge in [0.25, 0.3) is 0 Å². The molecule has 1 fully saturated rings. The molecule has 0 radical (unpaired) electrons. The Morgan fingerprint density at radius 1 is 1.19 bits per heavy atom. The predicted octanol–water partition coefficient (Wildman–Crippen LogP) is 0.769. The third kappa shape index (κ3) is 5.19. The molecule has 32 heavy (non-hydrogen) atoms. The minimum atomic E-state index is -1.10. The normalized spacial score (nSPS) is 22.2. The molecule has 4 rings (SSSR count). The molecule has 172 valence electrons. The molecule has 0 aliphatic carbocycles. The van der Waals surface area contributed by atoms with Gasteiger partial charge in [-0.3, -0.25) is 14.6 Å². The van der Waals surface area contributed by atoms with Gasteiger partial charge in [0.1, 0.15) is 25.0 Å². The second-order valence-corrected chi connectivity index (χ2v) is 9.53. The van der Waals surface area contributed by atoms with E-state index in [-0.39, 0.29) is 12.5 Å². The van der Waals surface area contributed by atoms with Gasteiger partial charge in [-0.25, -0.2) is 0 Å². The van der Waals surface area contributed by atoms with Crippen molar-refractivity contribution in [3.8, 4) is 11.5 Å². The van der Waals surface area contributed by atoms with Crippen LogP contribution in [0.1, 0.15) is 11.6 Å². The molecular formula is C23H29N3O5S. The van der Waals surface area contributed by atoms with E-state index in [0.29, 0.717) is 49.1 Å². The maximum atomic E-state index is 12.1. The van der Waals surface area contributed by atoms with E-state index in [2.05, 4.69) is 9.80 Å². The van der Waals surface area contributed by atoms with E-state index in [4.69, 9.17) is 15.2 Å². The van der Waals surface area contributed by atoms with Crippen molar-refractivity contribution >= 4 is 17.1 Å². The molecular weight excluding hydrogens is 430 g/mol. The number of rotatable bonds is 7. The zero-order valence-corrected chi connectivity index (χ0v) is 18.9. The lowest BCUT2D eigenvalue weighted by molar-refractivity contribution is -0.124. The lowest BCUT2D eigenvalue weighted by Crippen LogP contribution is -2.54. The van der Waals surface area contributed by atoms with Crippen molar-refractivity contribution < 1.29 is 23.9 Å². The number of hydrogen-bond acceptors (Lipinski definition) is 7. The van der Waals surface area contributed by atoms with Crippen LogP contribution in [-0.2, 0) is 16.0 Å². The fourth-order valence-electron chi connectivity index (χ4n) is 4.21. The van der Waals surface area contributed by atoms with E-state index in [1.807, 2.05) is 30.3 Å². The second kappa shape index (κ2) is 10.1. The number of carbonyl (C=O) groups excluding carboxylic acids is 1. The first kappa shape index (κ1) is 22.9. The number of aliphatic hydroxyl groups excluding tert-OH is 1. The third-order valence-electron chi connectivity index (χ3n) is 5.96. The summed E-state index contributed by atoms with van der Waals surface area (Å²) >= 11 is -1.10. The Bertz CT molecular complexity index is 921. The molecule has 3 N–H and O–H groups in total. The summed E-state index contributed by atoms with van der Waals surface area (Å²) in [5, 5.41) is 10.8. The van der Waals surface area contributed by atoms with Gasteiger partial charge in [0.15, 0.2) is 22.5 Å². The first-order valence-electron chi connectivity index (χ1n) is 10.7. The molecule has 1 amide bonds. The number of nitrogens with two attached hydrogens (primary N) is 1. The van der Waals surface area contributed by atoms with E-state index in [0.717, 1.165) is 5.56 Å². The highest BCUT2D eigenvalue weighted by Gasteiger charge is 2.33. The lowest BCUT2D eigenvalue weighted by Gasteiger charge is -2.39. The molecule has 2 aromatic carbocycles. The van der Waals surface area contributed by atoms with Crippen LogP contribution in [0.25, 0.3) is 0 Å². The summed E-state index contributed by atoms with van der Waals surface area (Å²) in [5.41, 5.74) is 6.59. The van der Waals surface area contributed by atoms with Gasteiger partial charge in [-0.05, 0) is 28.9 Å². The van der Waals surface area contributed by atoms with E-state index < -0.39 is 29.4 Å². The van der Waals surface area contributed by atoms with Crippen molar-refractivity contribution in [1.82, 2.24) is 9.80 Å². The molecule has 0 aromatic heterocycles. The Morgan fingerprint density at radius 2 is 1.91 bits per heavy atom. The molecule has 0 bridgehead atoms. The Labute approximate surface area is 191 Å². The van der Waals surface area contributed by atoms with Gasteiger partial charge in [0.2, 0.25) is 5.91 Å². The molecule has 8 nitrogen and oxygen atoms in total. The van der Waals surface area contributed by atoms with Crippen molar-refractivity contribution in [1.29, 1.82) is 0 Å². The van der Waals surface area contributed by atoms with Crippen LogP contribution < -0.4 is 15.2 Å². The van der Waals surface area contributed by atoms with Crippen molar-refractivity contribution in [2.24, 2.45) is 5.73 Å². The third-order valence-corrected chi connectivity index (χ3v) is 6.88. The minimum absolute atomic E-state index is 0.228. The Hall–Kier alpha value is -2.30. The molecule has 2 aromatic rings.